The van der Waals surface area contributed by atoms with Gasteiger partial charge in [0.2, 0.25) is 0 Å². The Balaban J connectivity index is 2.15. The molecule has 0 spiro atoms. The molecule has 1 saturated heterocycles. The third-order valence-corrected chi connectivity index (χ3v) is 3.57. The number of aryl methyl sites for hydroxylation is 1. The van der Waals surface area contributed by atoms with E-state index in [2.05, 4.69) is 26.1 Å². The summed E-state index contributed by atoms with van der Waals surface area (Å²) in [7, 11) is 0. The summed E-state index contributed by atoms with van der Waals surface area (Å²) in [6.07, 6.45) is 0.0940. The number of H-pyrrole nitrogens is 1. The topological polar surface area (TPSA) is 58.2 Å². The van der Waals surface area contributed by atoms with Gasteiger partial charge in [0.15, 0.2) is 5.69 Å². The highest BCUT2D eigenvalue weighted by molar-refractivity contribution is 9.10. The van der Waals surface area contributed by atoms with Crippen LogP contribution < -0.4 is 0 Å². The Hall–Kier alpha value is -0.880. The number of halogens is 1. The number of rotatable bonds is 1. The summed E-state index contributed by atoms with van der Waals surface area (Å²) in [5.41, 5.74) is 1.32. The van der Waals surface area contributed by atoms with Gasteiger partial charge in [-0.3, -0.25) is 9.89 Å². The maximum atomic E-state index is 12.1. The minimum atomic E-state index is -0.0497. The fourth-order valence-corrected chi connectivity index (χ4v) is 2.06. The first-order valence-electron chi connectivity index (χ1n) is 5.21. The average molecular weight is 288 g/mol. The lowest BCUT2D eigenvalue weighted by Crippen LogP contribution is -2.44. The zero-order valence-corrected chi connectivity index (χ0v) is 10.9. The molecule has 5 nitrogen and oxygen atoms in total. The summed E-state index contributed by atoms with van der Waals surface area (Å²) >= 11 is 3.36. The summed E-state index contributed by atoms with van der Waals surface area (Å²) in [6, 6.07) is 0. The van der Waals surface area contributed by atoms with Crippen molar-refractivity contribution < 1.29 is 9.53 Å². The van der Waals surface area contributed by atoms with Crippen LogP contribution in [0, 0.1) is 6.92 Å². The average Bonchev–Trinajstić information content (AvgIpc) is 2.59. The third-order valence-electron chi connectivity index (χ3n) is 2.60. The molecule has 0 aromatic carbocycles. The largest absolute Gasteiger partial charge is 0.375 e. The van der Waals surface area contributed by atoms with Crippen LogP contribution in [0.15, 0.2) is 4.47 Å². The third kappa shape index (κ3) is 2.12. The van der Waals surface area contributed by atoms with Crippen molar-refractivity contribution in [2.75, 3.05) is 19.7 Å². The molecule has 2 heterocycles. The van der Waals surface area contributed by atoms with Gasteiger partial charge >= 0.3 is 0 Å². The van der Waals surface area contributed by atoms with Crippen molar-refractivity contribution in [2.45, 2.75) is 20.0 Å². The molecule has 0 saturated carbocycles. The molecule has 1 aliphatic rings. The molecule has 0 aliphatic carbocycles. The van der Waals surface area contributed by atoms with Crippen LogP contribution in [-0.2, 0) is 4.74 Å². The fourth-order valence-electron chi connectivity index (χ4n) is 1.71. The smallest absolute Gasteiger partial charge is 0.275 e. The molecule has 1 fully saturated rings. The van der Waals surface area contributed by atoms with Gasteiger partial charge in [0, 0.05) is 18.8 Å². The number of morpholine rings is 1. The zero-order valence-electron chi connectivity index (χ0n) is 9.29. The van der Waals surface area contributed by atoms with Crippen LogP contribution >= 0.6 is 15.9 Å². The number of nitrogens with zero attached hydrogens (tertiary/aromatic N) is 2. The van der Waals surface area contributed by atoms with E-state index in [-0.39, 0.29) is 12.0 Å². The monoisotopic (exact) mass is 287 g/mol. The Morgan fingerprint density at radius 1 is 1.69 bits per heavy atom. The number of ether oxygens (including phenoxy) is 1. The van der Waals surface area contributed by atoms with Gasteiger partial charge in [-0.05, 0) is 29.8 Å². The molecule has 1 N–H and O–H groups in total. The highest BCUT2D eigenvalue weighted by Crippen LogP contribution is 2.20. The van der Waals surface area contributed by atoms with Gasteiger partial charge in [0.25, 0.3) is 5.91 Å². The predicted molar refractivity (Wildman–Crippen MR) is 62.3 cm³/mol. The van der Waals surface area contributed by atoms with Crippen LogP contribution in [0.3, 0.4) is 0 Å². The quantitative estimate of drug-likeness (QED) is 0.848. The first-order chi connectivity index (χ1) is 7.59. The van der Waals surface area contributed by atoms with E-state index in [0.717, 1.165) is 10.2 Å². The normalized spacial score (nSPS) is 21.2. The number of aromatic amines is 1. The molecule has 1 aromatic rings. The van der Waals surface area contributed by atoms with Crippen LogP contribution in [0.2, 0.25) is 0 Å². The van der Waals surface area contributed by atoms with Gasteiger partial charge in [0.1, 0.15) is 0 Å². The zero-order chi connectivity index (χ0) is 11.7. The second kappa shape index (κ2) is 4.55. The number of carbonyl (C=O) groups is 1. The van der Waals surface area contributed by atoms with E-state index >= 15 is 0 Å². The molecule has 88 valence electrons. The van der Waals surface area contributed by atoms with Crippen molar-refractivity contribution in [3.8, 4) is 0 Å². The van der Waals surface area contributed by atoms with Crippen LogP contribution in [0.1, 0.15) is 23.1 Å². The van der Waals surface area contributed by atoms with Crippen molar-refractivity contribution >= 4 is 21.8 Å². The molecule has 1 atom stereocenters. The van der Waals surface area contributed by atoms with E-state index in [1.165, 1.54) is 0 Å². The molecular formula is C10H14BrN3O2. The minimum absolute atomic E-state index is 0.0497. The van der Waals surface area contributed by atoms with Gasteiger partial charge in [-0.1, -0.05) is 0 Å². The molecular weight excluding hydrogens is 274 g/mol. The summed E-state index contributed by atoms with van der Waals surface area (Å²) in [5.74, 6) is -0.0497. The maximum Gasteiger partial charge on any atom is 0.275 e. The van der Waals surface area contributed by atoms with Crippen LogP contribution in [0.5, 0.6) is 0 Å². The maximum absolute atomic E-state index is 12.1. The number of aromatic nitrogens is 2. The highest BCUT2D eigenvalue weighted by atomic mass is 79.9. The van der Waals surface area contributed by atoms with Crippen molar-refractivity contribution in [3.63, 3.8) is 0 Å². The van der Waals surface area contributed by atoms with Crippen molar-refractivity contribution in [1.82, 2.24) is 15.1 Å². The molecule has 1 amide bonds. The first-order valence-corrected chi connectivity index (χ1v) is 6.00. The number of carbonyl (C=O) groups excluding carboxylic acids is 1. The standard InChI is InChI=1S/C10H14BrN3O2/c1-6-5-14(3-4-16-6)10(15)9-8(11)7(2)12-13-9/h6H,3-5H2,1-2H3,(H,12,13). The van der Waals surface area contributed by atoms with Crippen molar-refractivity contribution in [1.29, 1.82) is 0 Å². The lowest BCUT2D eigenvalue weighted by atomic mass is 10.2. The number of amides is 1. The summed E-state index contributed by atoms with van der Waals surface area (Å²) < 4.78 is 6.14. The molecule has 6 heteroatoms. The number of hydrogen-bond acceptors (Lipinski definition) is 3. The molecule has 1 aromatic heterocycles. The Bertz CT molecular complexity index is 405. The summed E-state index contributed by atoms with van der Waals surface area (Å²) in [6.45, 7) is 5.67. The molecule has 16 heavy (non-hydrogen) atoms. The summed E-state index contributed by atoms with van der Waals surface area (Å²) in [4.78, 5) is 13.9. The summed E-state index contributed by atoms with van der Waals surface area (Å²) in [5, 5.41) is 6.80. The number of nitrogens with one attached hydrogen (secondary N) is 1. The SMILES string of the molecule is Cc1[nH]nc(C(=O)N2CCOC(C)C2)c1Br. The van der Waals surface area contributed by atoms with Crippen molar-refractivity contribution in [2.24, 2.45) is 0 Å². The van der Waals surface area contributed by atoms with E-state index < -0.39 is 0 Å². The van der Waals surface area contributed by atoms with E-state index in [9.17, 15) is 4.79 Å². The second-order valence-corrected chi connectivity index (χ2v) is 4.74. The van der Waals surface area contributed by atoms with Crippen molar-refractivity contribution in [3.05, 3.63) is 15.9 Å². The first kappa shape index (κ1) is 11.6. The van der Waals surface area contributed by atoms with Gasteiger partial charge in [-0.15, -0.1) is 0 Å². The van der Waals surface area contributed by atoms with Crippen LogP contribution in [0.4, 0.5) is 0 Å². The predicted octanol–water partition coefficient (Wildman–Crippen LogP) is 1.34. The van der Waals surface area contributed by atoms with E-state index in [1.54, 1.807) is 4.90 Å². The highest BCUT2D eigenvalue weighted by Gasteiger charge is 2.26. The molecule has 0 radical (unpaired) electrons. The van der Waals surface area contributed by atoms with Gasteiger partial charge in [-0.2, -0.15) is 5.10 Å². The minimum Gasteiger partial charge on any atom is -0.375 e. The van der Waals surface area contributed by atoms with E-state index in [1.807, 2.05) is 13.8 Å². The second-order valence-electron chi connectivity index (χ2n) is 3.94. The van der Waals surface area contributed by atoms with Gasteiger partial charge < -0.3 is 9.64 Å². The van der Waals surface area contributed by atoms with Gasteiger partial charge in [0.05, 0.1) is 17.2 Å². The Kier molecular flexibility index (Phi) is 3.30. The van der Waals surface area contributed by atoms with Crippen LogP contribution in [-0.4, -0.2) is 46.8 Å². The number of hydrogen-bond donors (Lipinski definition) is 1. The lowest BCUT2D eigenvalue weighted by molar-refractivity contribution is -0.0126. The molecule has 0 bridgehead atoms. The van der Waals surface area contributed by atoms with Gasteiger partial charge in [-0.25, -0.2) is 0 Å². The van der Waals surface area contributed by atoms with E-state index in [0.29, 0.717) is 25.4 Å². The fraction of sp³-hybridized carbons (Fsp3) is 0.600. The molecule has 1 unspecified atom stereocenters. The lowest BCUT2D eigenvalue weighted by Gasteiger charge is -2.30. The van der Waals surface area contributed by atoms with E-state index in [4.69, 9.17) is 4.74 Å². The Labute approximate surface area is 102 Å². The molecule has 1 aliphatic heterocycles. The Morgan fingerprint density at radius 3 is 3.00 bits per heavy atom. The van der Waals surface area contributed by atoms with Crippen LogP contribution in [0.25, 0.3) is 0 Å². The molecule has 2 rings (SSSR count). The Morgan fingerprint density at radius 2 is 2.44 bits per heavy atom.